The van der Waals surface area contributed by atoms with Gasteiger partial charge in [-0.15, -0.1) is 10.2 Å². The zero-order chi connectivity index (χ0) is 26.6. The van der Waals surface area contributed by atoms with Gasteiger partial charge < -0.3 is 4.57 Å². The number of fused-ring (bicyclic) bond motifs is 4. The average molecular weight is 568 g/mol. The molecule has 6 aromatic rings. The molecular formula is C30H25N5OS3. The van der Waals surface area contributed by atoms with Crippen LogP contribution in [0.4, 0.5) is 0 Å². The molecule has 1 amide bonds. The van der Waals surface area contributed by atoms with E-state index in [0.29, 0.717) is 0 Å². The minimum Gasteiger partial charge on any atom is -0.341 e. The Morgan fingerprint density at radius 2 is 1.64 bits per heavy atom. The van der Waals surface area contributed by atoms with Gasteiger partial charge in [-0.25, -0.2) is 5.43 Å². The van der Waals surface area contributed by atoms with E-state index in [1.54, 1.807) is 18.0 Å². The van der Waals surface area contributed by atoms with Crippen molar-refractivity contribution < 1.29 is 4.79 Å². The second kappa shape index (κ2) is 11.6. The second-order valence-electron chi connectivity index (χ2n) is 8.88. The number of nitrogens with zero attached hydrogens (tertiary/aromatic N) is 4. The van der Waals surface area contributed by atoms with Crippen LogP contribution in [-0.4, -0.2) is 32.6 Å². The molecule has 0 aliphatic rings. The van der Waals surface area contributed by atoms with E-state index in [1.165, 1.54) is 61.2 Å². The third-order valence-corrected chi connectivity index (χ3v) is 9.70. The lowest BCUT2D eigenvalue weighted by Crippen LogP contribution is -2.19. The minimum atomic E-state index is -0.180. The number of amides is 1. The Kier molecular flexibility index (Phi) is 7.62. The van der Waals surface area contributed by atoms with E-state index in [2.05, 4.69) is 111 Å². The highest BCUT2D eigenvalue weighted by atomic mass is 32.2. The maximum absolute atomic E-state index is 12.4. The van der Waals surface area contributed by atoms with E-state index in [9.17, 15) is 4.79 Å². The molecule has 0 fully saturated rings. The molecule has 0 radical (unpaired) electrons. The molecule has 4 aromatic carbocycles. The third kappa shape index (κ3) is 5.56. The van der Waals surface area contributed by atoms with E-state index in [1.807, 2.05) is 6.07 Å². The van der Waals surface area contributed by atoms with Crippen LogP contribution in [0, 0.1) is 0 Å². The van der Waals surface area contributed by atoms with Crippen molar-refractivity contribution in [3.8, 4) is 0 Å². The van der Waals surface area contributed by atoms with Crippen LogP contribution < -0.4 is 5.43 Å². The largest absolute Gasteiger partial charge is 0.341 e. The predicted molar refractivity (Wildman–Crippen MR) is 165 cm³/mol. The summed E-state index contributed by atoms with van der Waals surface area (Å²) in [5.41, 5.74) is 7.26. The van der Waals surface area contributed by atoms with Crippen LogP contribution in [-0.2, 0) is 17.1 Å². The van der Waals surface area contributed by atoms with Crippen molar-refractivity contribution in [2.45, 2.75) is 27.9 Å². The Hall–Kier alpha value is -3.66. The fourth-order valence-corrected chi connectivity index (χ4v) is 7.52. The fourth-order valence-electron chi connectivity index (χ4n) is 4.70. The lowest BCUT2D eigenvalue weighted by Gasteiger charge is -2.04. The maximum Gasteiger partial charge on any atom is 0.250 e. The number of aryl methyl sites for hydroxylation is 1. The van der Waals surface area contributed by atoms with Crippen LogP contribution in [0.2, 0.25) is 0 Å². The minimum absolute atomic E-state index is 0.180. The number of benzene rings is 4. The molecule has 0 bridgehead atoms. The number of hydrazone groups is 1. The van der Waals surface area contributed by atoms with Crippen molar-refractivity contribution in [1.29, 1.82) is 0 Å². The van der Waals surface area contributed by atoms with Crippen molar-refractivity contribution >= 4 is 79.6 Å². The molecule has 194 valence electrons. The number of carbonyl (C=O) groups is 1. The highest BCUT2D eigenvalue weighted by Crippen LogP contribution is 2.32. The van der Waals surface area contributed by atoms with Crippen LogP contribution >= 0.6 is 34.9 Å². The topological polar surface area (TPSA) is 72.2 Å². The molecule has 0 unspecified atom stereocenters. The van der Waals surface area contributed by atoms with Crippen molar-refractivity contribution in [1.82, 2.24) is 20.2 Å². The maximum atomic E-state index is 12.4. The monoisotopic (exact) mass is 567 g/mol. The molecule has 0 spiro atoms. The Labute approximate surface area is 238 Å². The Bertz CT molecular complexity index is 1820. The molecule has 0 aliphatic carbocycles. The standard InChI is InChI=1S/C30H25N5OS3/c1-2-35-26-13-6-5-12-24(26)25-16-20(14-15-27(25)35)17-31-32-28(36)19-38-30-34-33-29(39-30)37-18-22-10-7-9-21-8-3-4-11-23(21)22/h3-17H,2,18-19H2,1H3,(H,32,36)/b31-17+. The summed E-state index contributed by atoms with van der Waals surface area (Å²) in [6.07, 6.45) is 1.69. The van der Waals surface area contributed by atoms with Crippen LogP contribution in [0.1, 0.15) is 18.1 Å². The van der Waals surface area contributed by atoms with Crippen molar-refractivity contribution in [2.24, 2.45) is 5.10 Å². The summed E-state index contributed by atoms with van der Waals surface area (Å²) in [5.74, 6) is 0.865. The Morgan fingerprint density at radius 1 is 0.897 bits per heavy atom. The lowest BCUT2D eigenvalue weighted by molar-refractivity contribution is -0.118. The Morgan fingerprint density at radius 3 is 2.51 bits per heavy atom. The first-order valence-corrected chi connectivity index (χ1v) is 15.4. The molecule has 0 saturated heterocycles. The van der Waals surface area contributed by atoms with E-state index >= 15 is 0 Å². The molecular weight excluding hydrogens is 543 g/mol. The van der Waals surface area contributed by atoms with Gasteiger partial charge in [-0.1, -0.05) is 102 Å². The van der Waals surface area contributed by atoms with Gasteiger partial charge in [0.1, 0.15) is 0 Å². The summed E-state index contributed by atoms with van der Waals surface area (Å²) >= 11 is 4.55. The summed E-state index contributed by atoms with van der Waals surface area (Å²) in [5, 5.41) is 17.6. The molecule has 9 heteroatoms. The van der Waals surface area contributed by atoms with Gasteiger partial charge in [-0.05, 0) is 47.0 Å². The van der Waals surface area contributed by atoms with E-state index in [0.717, 1.165) is 26.5 Å². The molecule has 2 heterocycles. The molecule has 2 aromatic heterocycles. The highest BCUT2D eigenvalue weighted by Gasteiger charge is 2.11. The second-order valence-corrected chi connectivity index (χ2v) is 12.3. The van der Waals surface area contributed by atoms with Gasteiger partial charge in [-0.3, -0.25) is 4.79 Å². The zero-order valence-electron chi connectivity index (χ0n) is 21.2. The summed E-state index contributed by atoms with van der Waals surface area (Å²) in [6, 6.07) is 29.4. The first-order valence-electron chi connectivity index (χ1n) is 12.6. The highest BCUT2D eigenvalue weighted by molar-refractivity contribution is 8.03. The predicted octanol–water partition coefficient (Wildman–Crippen LogP) is 7.35. The smallest absolute Gasteiger partial charge is 0.250 e. The number of hydrogen-bond donors (Lipinski definition) is 1. The lowest BCUT2D eigenvalue weighted by atomic mass is 10.1. The number of hydrogen-bond acceptors (Lipinski definition) is 7. The number of nitrogens with one attached hydrogen (secondary N) is 1. The van der Waals surface area contributed by atoms with Gasteiger partial charge in [0.2, 0.25) is 0 Å². The van der Waals surface area contributed by atoms with Crippen LogP contribution in [0.3, 0.4) is 0 Å². The molecule has 1 N–H and O–H groups in total. The van der Waals surface area contributed by atoms with E-state index in [-0.39, 0.29) is 11.7 Å². The summed E-state index contributed by atoms with van der Waals surface area (Å²) < 4.78 is 3.97. The first kappa shape index (κ1) is 25.6. The summed E-state index contributed by atoms with van der Waals surface area (Å²) in [4.78, 5) is 12.4. The van der Waals surface area contributed by atoms with Crippen LogP contribution in [0.25, 0.3) is 32.6 Å². The SMILES string of the molecule is CCn1c2ccccc2c2cc(/C=N/NC(=O)CSc3nnc(SCc4cccc5ccccc45)s3)ccc21. The molecule has 0 aliphatic heterocycles. The van der Waals surface area contributed by atoms with Gasteiger partial charge >= 0.3 is 0 Å². The number of carbonyl (C=O) groups excluding carboxylic acids is 1. The number of aromatic nitrogens is 3. The Balaban J connectivity index is 1.03. The van der Waals surface area contributed by atoms with Crippen molar-refractivity contribution in [3.05, 3.63) is 96.1 Å². The number of thioether (sulfide) groups is 2. The van der Waals surface area contributed by atoms with Crippen molar-refractivity contribution in [3.63, 3.8) is 0 Å². The molecule has 0 atom stereocenters. The molecule has 6 rings (SSSR count). The van der Waals surface area contributed by atoms with Gasteiger partial charge in [0.15, 0.2) is 8.68 Å². The summed E-state index contributed by atoms with van der Waals surface area (Å²) in [6.45, 7) is 3.06. The van der Waals surface area contributed by atoms with Crippen LogP contribution in [0.15, 0.2) is 98.7 Å². The average Bonchev–Trinajstić information content (AvgIpc) is 3.56. The zero-order valence-corrected chi connectivity index (χ0v) is 23.7. The summed E-state index contributed by atoms with van der Waals surface area (Å²) in [7, 11) is 0. The molecule has 0 saturated carbocycles. The molecule has 39 heavy (non-hydrogen) atoms. The normalized spacial score (nSPS) is 11.7. The van der Waals surface area contributed by atoms with Gasteiger partial charge in [-0.2, -0.15) is 5.10 Å². The van der Waals surface area contributed by atoms with Crippen molar-refractivity contribution in [2.75, 3.05) is 5.75 Å². The van der Waals surface area contributed by atoms with Gasteiger partial charge in [0.05, 0.1) is 12.0 Å². The molecule has 6 nitrogen and oxygen atoms in total. The number of rotatable bonds is 9. The van der Waals surface area contributed by atoms with Crippen LogP contribution in [0.5, 0.6) is 0 Å². The quantitative estimate of drug-likeness (QED) is 0.112. The van der Waals surface area contributed by atoms with Gasteiger partial charge in [0.25, 0.3) is 5.91 Å². The van der Waals surface area contributed by atoms with E-state index < -0.39 is 0 Å². The van der Waals surface area contributed by atoms with Gasteiger partial charge in [0, 0.05) is 34.1 Å². The van der Waals surface area contributed by atoms with E-state index in [4.69, 9.17) is 0 Å². The number of para-hydroxylation sites is 1. The first-order chi connectivity index (χ1) is 19.2. The fraction of sp³-hybridized carbons (Fsp3) is 0.133. The third-order valence-electron chi connectivity index (χ3n) is 6.46.